The number of nitrogens with one attached hydrogen (secondary N) is 1. The Bertz CT molecular complexity index is 1260. The fraction of sp³-hybridized carbons (Fsp3) is 0.300. The Balaban J connectivity index is 1.48. The molecule has 2 N–H and O–H groups in total. The maximum absolute atomic E-state index is 14.4. The number of unbranched alkanes of at least 4 members (excludes halogenated alkanes) is 1. The molecule has 0 fully saturated rings. The maximum Gasteiger partial charge on any atom is 0.407 e. The Kier molecular flexibility index (Phi) is 8.73. The van der Waals surface area contributed by atoms with Crippen molar-refractivity contribution in [3.63, 3.8) is 0 Å². The first-order valence-electron chi connectivity index (χ1n) is 12.7. The maximum atomic E-state index is 14.4. The van der Waals surface area contributed by atoms with Gasteiger partial charge in [0.15, 0.2) is 6.10 Å². The summed E-state index contributed by atoms with van der Waals surface area (Å²) in [7, 11) is 0. The Hall–Kier alpha value is -4.20. The molecule has 0 radical (unpaired) electrons. The molecular formula is C30H30FNO6. The molecule has 1 aliphatic carbocycles. The Morgan fingerprint density at radius 3 is 2.16 bits per heavy atom. The highest BCUT2D eigenvalue weighted by molar-refractivity contribution is 5.84. The van der Waals surface area contributed by atoms with E-state index in [0.29, 0.717) is 6.42 Å². The predicted molar refractivity (Wildman–Crippen MR) is 139 cm³/mol. The molecule has 0 saturated heterocycles. The standard InChI is InChI=1S/C30H30FNO6/c1-2-3-16-27(28(33)34)38-29(35)26(17-19-10-4-9-15-25(19)31)32-30(36)37-18-24-22-13-7-5-11-20(22)21-12-6-8-14-23(21)24/h4-15,24,26-27H,2-3,16-18H2,1H3,(H,32,36)(H,33,34)/t26-,27-/m0/s1. The first-order valence-corrected chi connectivity index (χ1v) is 12.7. The first-order chi connectivity index (χ1) is 18.4. The van der Waals surface area contributed by atoms with Crippen LogP contribution in [0.2, 0.25) is 0 Å². The molecule has 2 atom stereocenters. The lowest BCUT2D eigenvalue weighted by atomic mass is 9.98. The normalized spacial score (nSPS) is 13.6. The number of carboxylic acids is 1. The van der Waals surface area contributed by atoms with Gasteiger partial charge in [0.25, 0.3) is 0 Å². The minimum absolute atomic E-state index is 0.0234. The number of carbonyl (C=O) groups is 3. The van der Waals surface area contributed by atoms with Gasteiger partial charge in [0.2, 0.25) is 0 Å². The topological polar surface area (TPSA) is 102 Å². The van der Waals surface area contributed by atoms with Crippen molar-refractivity contribution in [2.45, 2.75) is 50.7 Å². The van der Waals surface area contributed by atoms with E-state index < -0.39 is 36.0 Å². The lowest BCUT2D eigenvalue weighted by Gasteiger charge is -2.21. The Labute approximate surface area is 220 Å². The molecule has 4 rings (SSSR count). The van der Waals surface area contributed by atoms with Crippen molar-refractivity contribution < 1.29 is 33.4 Å². The van der Waals surface area contributed by atoms with Gasteiger partial charge in [-0.2, -0.15) is 0 Å². The van der Waals surface area contributed by atoms with Crippen LogP contribution in [0.4, 0.5) is 9.18 Å². The third-order valence-electron chi connectivity index (χ3n) is 6.66. The van der Waals surface area contributed by atoms with Crippen molar-refractivity contribution in [3.8, 4) is 11.1 Å². The van der Waals surface area contributed by atoms with Gasteiger partial charge < -0.3 is 19.9 Å². The molecule has 0 aromatic heterocycles. The summed E-state index contributed by atoms with van der Waals surface area (Å²) in [5.41, 5.74) is 4.39. The van der Waals surface area contributed by atoms with Crippen LogP contribution in [0, 0.1) is 5.82 Å². The van der Waals surface area contributed by atoms with E-state index in [1.54, 1.807) is 6.07 Å². The van der Waals surface area contributed by atoms with Crippen molar-refractivity contribution in [3.05, 3.63) is 95.3 Å². The lowest BCUT2D eigenvalue weighted by Crippen LogP contribution is -2.46. The van der Waals surface area contributed by atoms with Gasteiger partial charge in [0.1, 0.15) is 18.5 Å². The second-order valence-corrected chi connectivity index (χ2v) is 9.22. The summed E-state index contributed by atoms with van der Waals surface area (Å²) in [6.45, 7) is 1.91. The van der Waals surface area contributed by atoms with Crippen LogP contribution < -0.4 is 5.32 Å². The lowest BCUT2D eigenvalue weighted by molar-refractivity contribution is -0.165. The van der Waals surface area contributed by atoms with E-state index in [2.05, 4.69) is 5.32 Å². The number of esters is 1. The molecule has 198 valence electrons. The number of alkyl carbamates (subject to hydrolysis) is 1. The van der Waals surface area contributed by atoms with Gasteiger partial charge in [0.05, 0.1) is 0 Å². The number of ether oxygens (including phenoxy) is 2. The van der Waals surface area contributed by atoms with Crippen LogP contribution in [-0.2, 0) is 25.5 Å². The molecule has 0 unspecified atom stereocenters. The Morgan fingerprint density at radius 1 is 0.947 bits per heavy atom. The smallest absolute Gasteiger partial charge is 0.407 e. The number of benzene rings is 3. The predicted octanol–water partition coefficient (Wildman–Crippen LogP) is 5.46. The van der Waals surface area contributed by atoms with Crippen LogP contribution in [-0.4, -0.2) is 41.9 Å². The van der Waals surface area contributed by atoms with Crippen molar-refractivity contribution in [1.82, 2.24) is 5.32 Å². The van der Waals surface area contributed by atoms with Crippen LogP contribution in [0.25, 0.3) is 11.1 Å². The van der Waals surface area contributed by atoms with Crippen LogP contribution in [0.3, 0.4) is 0 Å². The third kappa shape index (κ3) is 6.19. The molecule has 3 aromatic carbocycles. The molecule has 0 aliphatic heterocycles. The molecule has 0 spiro atoms. The van der Waals surface area contributed by atoms with Gasteiger partial charge in [-0.1, -0.05) is 80.1 Å². The van der Waals surface area contributed by atoms with Crippen LogP contribution in [0.5, 0.6) is 0 Å². The number of rotatable bonds is 11. The van der Waals surface area contributed by atoms with Gasteiger partial charge in [-0.05, 0) is 46.7 Å². The third-order valence-corrected chi connectivity index (χ3v) is 6.66. The molecular weight excluding hydrogens is 489 g/mol. The van der Waals surface area contributed by atoms with Crippen molar-refractivity contribution in [2.75, 3.05) is 6.61 Å². The van der Waals surface area contributed by atoms with E-state index in [9.17, 15) is 23.9 Å². The highest BCUT2D eigenvalue weighted by Crippen LogP contribution is 2.44. The van der Waals surface area contributed by atoms with Crippen LogP contribution >= 0.6 is 0 Å². The monoisotopic (exact) mass is 519 g/mol. The number of carboxylic acid groups (broad SMARTS) is 1. The average Bonchev–Trinajstić information content (AvgIpc) is 3.24. The average molecular weight is 520 g/mol. The summed E-state index contributed by atoms with van der Waals surface area (Å²) in [5.74, 6) is -2.99. The van der Waals surface area contributed by atoms with Gasteiger partial charge in [-0.15, -0.1) is 0 Å². The summed E-state index contributed by atoms with van der Waals surface area (Å²) in [4.78, 5) is 37.4. The molecule has 3 aromatic rings. The summed E-state index contributed by atoms with van der Waals surface area (Å²) >= 11 is 0. The Morgan fingerprint density at radius 2 is 1.55 bits per heavy atom. The first kappa shape index (κ1) is 26.9. The molecule has 8 heteroatoms. The molecule has 0 bridgehead atoms. The zero-order chi connectivity index (χ0) is 27.1. The van der Waals surface area contributed by atoms with Crippen molar-refractivity contribution in [1.29, 1.82) is 0 Å². The number of aliphatic carboxylic acids is 1. The van der Waals surface area contributed by atoms with E-state index in [0.717, 1.165) is 28.7 Å². The van der Waals surface area contributed by atoms with E-state index in [1.807, 2.05) is 55.5 Å². The molecule has 1 aliphatic rings. The molecule has 7 nitrogen and oxygen atoms in total. The minimum Gasteiger partial charge on any atom is -0.479 e. The number of hydrogen-bond acceptors (Lipinski definition) is 5. The second-order valence-electron chi connectivity index (χ2n) is 9.22. The molecule has 1 amide bonds. The van der Waals surface area contributed by atoms with E-state index in [1.165, 1.54) is 18.2 Å². The van der Waals surface area contributed by atoms with Gasteiger partial charge >= 0.3 is 18.0 Å². The fourth-order valence-corrected chi connectivity index (χ4v) is 4.70. The fourth-order valence-electron chi connectivity index (χ4n) is 4.70. The molecule has 38 heavy (non-hydrogen) atoms. The number of halogens is 1. The van der Waals surface area contributed by atoms with Crippen LogP contribution in [0.15, 0.2) is 72.8 Å². The highest BCUT2D eigenvalue weighted by atomic mass is 19.1. The van der Waals surface area contributed by atoms with Gasteiger partial charge in [0, 0.05) is 12.3 Å². The van der Waals surface area contributed by atoms with Crippen molar-refractivity contribution in [2.24, 2.45) is 0 Å². The summed E-state index contributed by atoms with van der Waals surface area (Å²) < 4.78 is 25.1. The summed E-state index contributed by atoms with van der Waals surface area (Å²) in [6.07, 6.45) is -1.08. The highest BCUT2D eigenvalue weighted by Gasteiger charge is 2.32. The minimum atomic E-state index is -1.37. The summed E-state index contributed by atoms with van der Waals surface area (Å²) in [6, 6.07) is 20.3. The zero-order valence-electron chi connectivity index (χ0n) is 21.1. The number of carbonyl (C=O) groups excluding carboxylic acids is 2. The van der Waals surface area contributed by atoms with E-state index >= 15 is 0 Å². The number of hydrogen-bond donors (Lipinski definition) is 2. The van der Waals surface area contributed by atoms with E-state index in [-0.39, 0.29) is 30.9 Å². The molecule has 0 heterocycles. The van der Waals surface area contributed by atoms with E-state index in [4.69, 9.17) is 9.47 Å². The zero-order valence-corrected chi connectivity index (χ0v) is 21.1. The quantitative estimate of drug-likeness (QED) is 0.326. The number of amides is 1. The summed E-state index contributed by atoms with van der Waals surface area (Å²) in [5, 5.41) is 11.9. The molecule has 0 saturated carbocycles. The van der Waals surface area contributed by atoms with Crippen LogP contribution in [0.1, 0.15) is 48.8 Å². The van der Waals surface area contributed by atoms with Crippen molar-refractivity contribution >= 4 is 18.0 Å². The number of fused-ring (bicyclic) bond motifs is 3. The van der Waals surface area contributed by atoms with Gasteiger partial charge in [-0.25, -0.2) is 18.8 Å². The van der Waals surface area contributed by atoms with Gasteiger partial charge in [-0.3, -0.25) is 0 Å². The SMILES string of the molecule is CCCC[C@H](OC(=O)[C@H](Cc1ccccc1F)NC(=O)OCC1c2ccccc2-c2ccccc21)C(=O)O. The largest absolute Gasteiger partial charge is 0.479 e. The second kappa shape index (κ2) is 12.4.